The Morgan fingerprint density at radius 3 is 1.92 bits per heavy atom. The monoisotopic (exact) mass is 402 g/mol. The molecular weight excluding hydrogens is 392 g/mol. The number of nitrogens with zero attached hydrogens (tertiary/aromatic N) is 2. The molecule has 2 aromatic rings. The fraction of sp³-hybridized carbons (Fsp3) is 0.0769. The van der Waals surface area contributed by atoms with E-state index in [4.69, 9.17) is 0 Å². The minimum Gasteiger partial charge on any atom is -0.282 e. The first-order chi connectivity index (χ1) is 11.9. The van der Waals surface area contributed by atoms with Crippen LogP contribution >= 0.6 is 0 Å². The smallest absolute Gasteiger partial charge is 0.282 e. The van der Waals surface area contributed by atoms with Gasteiger partial charge in [-0.15, -0.1) is 0 Å². The van der Waals surface area contributed by atoms with Crippen molar-refractivity contribution in [3.63, 3.8) is 0 Å². The molecule has 0 atom stereocenters. The summed E-state index contributed by atoms with van der Waals surface area (Å²) >= 11 is 0. The van der Waals surface area contributed by atoms with Gasteiger partial charge in [-0.3, -0.25) is 24.8 Å². The van der Waals surface area contributed by atoms with Crippen LogP contribution in [0.5, 0.6) is 0 Å². The standard InChI is InChI=1S/C13H10N2O9S2/c1-8-2-4-12(26(22,23)24)13(6-8)25(20,21)11-5-3-9(14(16)17)7-10(11)15(18)19/h2-7H,1H3,(H,22,23,24). The van der Waals surface area contributed by atoms with Gasteiger partial charge in [0.1, 0.15) is 9.79 Å². The predicted octanol–water partition coefficient (Wildman–Crippen LogP) is 1.89. The molecule has 0 bridgehead atoms. The number of non-ortho nitro benzene ring substituents is 1. The van der Waals surface area contributed by atoms with Crippen molar-refractivity contribution in [3.8, 4) is 0 Å². The van der Waals surface area contributed by atoms with Crippen molar-refractivity contribution in [3.05, 3.63) is 62.2 Å². The van der Waals surface area contributed by atoms with Gasteiger partial charge in [0.2, 0.25) is 9.84 Å². The molecule has 0 aromatic heterocycles. The van der Waals surface area contributed by atoms with Gasteiger partial charge >= 0.3 is 0 Å². The van der Waals surface area contributed by atoms with E-state index in [0.29, 0.717) is 17.7 Å². The molecule has 0 heterocycles. The Hall–Kier alpha value is -2.90. The van der Waals surface area contributed by atoms with E-state index < -0.39 is 55.9 Å². The molecule has 26 heavy (non-hydrogen) atoms. The Morgan fingerprint density at radius 2 is 1.42 bits per heavy atom. The second-order valence-electron chi connectivity index (χ2n) is 5.09. The number of rotatable bonds is 5. The molecule has 0 radical (unpaired) electrons. The quantitative estimate of drug-likeness (QED) is 0.444. The first kappa shape index (κ1) is 19.4. The van der Waals surface area contributed by atoms with E-state index in [2.05, 4.69) is 0 Å². The van der Waals surface area contributed by atoms with Crippen LogP contribution in [0.25, 0.3) is 0 Å². The lowest BCUT2D eigenvalue weighted by Crippen LogP contribution is -2.12. The zero-order valence-electron chi connectivity index (χ0n) is 12.9. The maximum Gasteiger partial charge on any atom is 0.295 e. The van der Waals surface area contributed by atoms with Gasteiger partial charge in [-0.2, -0.15) is 8.42 Å². The molecule has 0 unspecified atom stereocenters. The first-order valence-electron chi connectivity index (χ1n) is 6.62. The fourth-order valence-corrected chi connectivity index (χ4v) is 4.91. The zero-order chi connectivity index (χ0) is 19.9. The number of aryl methyl sites for hydroxylation is 1. The summed E-state index contributed by atoms with van der Waals surface area (Å²) in [6, 6.07) is 4.82. The average Bonchev–Trinajstić information content (AvgIpc) is 2.52. The predicted molar refractivity (Wildman–Crippen MR) is 86.2 cm³/mol. The van der Waals surface area contributed by atoms with Crippen LogP contribution in [0.1, 0.15) is 5.56 Å². The molecule has 0 aliphatic carbocycles. The molecule has 138 valence electrons. The highest BCUT2D eigenvalue weighted by molar-refractivity contribution is 7.93. The second kappa shape index (κ2) is 6.44. The molecule has 13 heteroatoms. The molecule has 0 aliphatic heterocycles. The van der Waals surface area contributed by atoms with Gasteiger partial charge in [-0.1, -0.05) is 6.07 Å². The summed E-state index contributed by atoms with van der Waals surface area (Å²) < 4.78 is 57.8. The van der Waals surface area contributed by atoms with E-state index in [9.17, 15) is 41.6 Å². The van der Waals surface area contributed by atoms with Crippen LogP contribution in [0, 0.1) is 27.2 Å². The summed E-state index contributed by atoms with van der Waals surface area (Å²) in [6.07, 6.45) is 0. The van der Waals surface area contributed by atoms with E-state index in [1.165, 1.54) is 13.0 Å². The lowest BCUT2D eigenvalue weighted by molar-refractivity contribution is -0.396. The molecule has 0 aliphatic rings. The van der Waals surface area contributed by atoms with Crippen LogP contribution < -0.4 is 0 Å². The fourth-order valence-electron chi connectivity index (χ4n) is 2.15. The van der Waals surface area contributed by atoms with Gasteiger partial charge in [-0.25, -0.2) is 8.42 Å². The summed E-state index contributed by atoms with van der Waals surface area (Å²) in [5, 5.41) is 21.9. The molecule has 0 amide bonds. The Kier molecular flexibility index (Phi) is 4.81. The van der Waals surface area contributed by atoms with Crippen LogP contribution in [-0.2, 0) is 20.0 Å². The lowest BCUT2D eigenvalue weighted by Gasteiger charge is -2.10. The Bertz CT molecular complexity index is 1140. The van der Waals surface area contributed by atoms with Gasteiger partial charge in [-0.05, 0) is 30.7 Å². The number of benzene rings is 2. The molecule has 0 saturated carbocycles. The van der Waals surface area contributed by atoms with Crippen LogP contribution in [0.2, 0.25) is 0 Å². The molecule has 1 N–H and O–H groups in total. The van der Waals surface area contributed by atoms with Gasteiger partial charge in [0.05, 0.1) is 20.8 Å². The van der Waals surface area contributed by atoms with Crippen molar-refractivity contribution >= 4 is 31.3 Å². The zero-order valence-corrected chi connectivity index (χ0v) is 14.5. The third-order valence-corrected chi connectivity index (χ3v) is 6.19. The topological polar surface area (TPSA) is 175 Å². The number of hydrogen-bond acceptors (Lipinski definition) is 8. The minimum absolute atomic E-state index is 0.306. The molecule has 2 aromatic carbocycles. The number of nitro groups is 2. The average molecular weight is 402 g/mol. The van der Waals surface area contributed by atoms with Crippen molar-refractivity contribution in [2.24, 2.45) is 0 Å². The molecule has 11 nitrogen and oxygen atoms in total. The van der Waals surface area contributed by atoms with E-state index >= 15 is 0 Å². The number of nitro benzene ring substituents is 2. The maximum atomic E-state index is 12.8. The summed E-state index contributed by atoms with van der Waals surface area (Å²) in [6.45, 7) is 1.44. The SMILES string of the molecule is Cc1ccc(S(=O)(=O)O)c(S(=O)(=O)c2ccc([N+](=O)[O-])cc2[N+](=O)[O-])c1. The highest BCUT2D eigenvalue weighted by atomic mass is 32.2. The normalized spacial score (nSPS) is 11.9. The van der Waals surface area contributed by atoms with Gasteiger partial charge in [0.25, 0.3) is 21.5 Å². The maximum absolute atomic E-state index is 12.8. The minimum atomic E-state index is -4.95. The lowest BCUT2D eigenvalue weighted by atomic mass is 10.2. The van der Waals surface area contributed by atoms with Crippen molar-refractivity contribution in [1.29, 1.82) is 0 Å². The van der Waals surface area contributed by atoms with E-state index in [-0.39, 0.29) is 0 Å². The summed E-state index contributed by atoms with van der Waals surface area (Å²) in [5.41, 5.74) is -1.50. The number of sulfone groups is 1. The van der Waals surface area contributed by atoms with Crippen LogP contribution in [0.3, 0.4) is 0 Å². The van der Waals surface area contributed by atoms with E-state index in [1.807, 2.05) is 0 Å². The second-order valence-corrected chi connectivity index (χ2v) is 8.37. The molecule has 2 rings (SSSR count). The Balaban J connectivity index is 2.88. The van der Waals surface area contributed by atoms with Crippen LogP contribution in [0.4, 0.5) is 11.4 Å². The largest absolute Gasteiger partial charge is 0.295 e. The van der Waals surface area contributed by atoms with Crippen LogP contribution in [-0.4, -0.2) is 31.2 Å². The highest BCUT2D eigenvalue weighted by Gasteiger charge is 2.34. The highest BCUT2D eigenvalue weighted by Crippen LogP contribution is 2.35. The van der Waals surface area contributed by atoms with Gasteiger partial charge in [0, 0.05) is 6.07 Å². The third-order valence-electron chi connectivity index (χ3n) is 3.31. The molecule has 0 saturated heterocycles. The Labute approximate surface area is 146 Å². The van der Waals surface area contributed by atoms with Crippen molar-refractivity contribution < 1.29 is 31.2 Å². The molecule has 0 fully saturated rings. The van der Waals surface area contributed by atoms with E-state index in [0.717, 1.165) is 18.2 Å². The van der Waals surface area contributed by atoms with Crippen molar-refractivity contribution in [2.75, 3.05) is 0 Å². The first-order valence-corrected chi connectivity index (χ1v) is 9.54. The molecular formula is C13H10N2O9S2. The summed E-state index contributed by atoms with van der Waals surface area (Å²) in [5.74, 6) is 0. The number of hydrogen-bond donors (Lipinski definition) is 1. The van der Waals surface area contributed by atoms with E-state index in [1.54, 1.807) is 0 Å². The van der Waals surface area contributed by atoms with Crippen molar-refractivity contribution in [1.82, 2.24) is 0 Å². The van der Waals surface area contributed by atoms with Crippen LogP contribution in [0.15, 0.2) is 51.1 Å². The molecule has 0 spiro atoms. The van der Waals surface area contributed by atoms with Gasteiger partial charge < -0.3 is 0 Å². The summed E-state index contributed by atoms with van der Waals surface area (Å²) in [7, 11) is -9.75. The van der Waals surface area contributed by atoms with Gasteiger partial charge in [0.15, 0.2) is 0 Å². The third kappa shape index (κ3) is 3.54. The van der Waals surface area contributed by atoms with Crippen molar-refractivity contribution in [2.45, 2.75) is 21.6 Å². The summed E-state index contributed by atoms with van der Waals surface area (Å²) in [4.78, 5) is 17.1. The Morgan fingerprint density at radius 1 is 0.846 bits per heavy atom.